The molecule has 2 aliphatic heterocycles. The molecule has 136 valence electrons. The summed E-state index contributed by atoms with van der Waals surface area (Å²) in [5.41, 5.74) is 2.75. The summed E-state index contributed by atoms with van der Waals surface area (Å²) in [6.07, 6.45) is 5.90. The lowest BCUT2D eigenvalue weighted by Crippen LogP contribution is -2.56. The van der Waals surface area contributed by atoms with Gasteiger partial charge in [0.2, 0.25) is 5.91 Å². The number of aryl methyl sites for hydroxylation is 1. The summed E-state index contributed by atoms with van der Waals surface area (Å²) < 4.78 is 0. The maximum atomic E-state index is 12.6. The molecular weight excluding hydrogens is 310 g/mol. The van der Waals surface area contributed by atoms with Crippen LogP contribution in [-0.2, 0) is 4.79 Å². The number of carbonyl (C=O) groups excluding carboxylic acids is 1. The number of hydrogen-bond donors (Lipinski definition) is 0. The molecule has 0 aromatic heterocycles. The van der Waals surface area contributed by atoms with Crippen LogP contribution in [0.3, 0.4) is 0 Å². The van der Waals surface area contributed by atoms with Gasteiger partial charge in [-0.1, -0.05) is 24.6 Å². The first-order valence-electron chi connectivity index (χ1n) is 10.1. The molecule has 1 amide bonds. The molecule has 0 bridgehead atoms. The first-order chi connectivity index (χ1) is 12.2. The third-order valence-electron chi connectivity index (χ3n) is 6.45. The topological polar surface area (TPSA) is 26.8 Å². The van der Waals surface area contributed by atoms with Crippen molar-refractivity contribution in [3.63, 3.8) is 0 Å². The molecule has 1 aliphatic carbocycles. The van der Waals surface area contributed by atoms with Crippen LogP contribution >= 0.6 is 0 Å². The molecule has 0 N–H and O–H groups in total. The Morgan fingerprint density at radius 1 is 0.960 bits per heavy atom. The number of benzene rings is 1. The van der Waals surface area contributed by atoms with E-state index in [4.69, 9.17) is 0 Å². The van der Waals surface area contributed by atoms with Crippen molar-refractivity contribution in [2.75, 3.05) is 44.2 Å². The zero-order chi connectivity index (χ0) is 17.2. The van der Waals surface area contributed by atoms with E-state index < -0.39 is 0 Å². The van der Waals surface area contributed by atoms with Gasteiger partial charge in [0.1, 0.15) is 0 Å². The van der Waals surface area contributed by atoms with Crippen LogP contribution in [0.15, 0.2) is 24.3 Å². The van der Waals surface area contributed by atoms with Crippen LogP contribution in [0.1, 0.15) is 37.7 Å². The van der Waals surface area contributed by atoms with Crippen LogP contribution in [0.2, 0.25) is 0 Å². The number of nitrogens with zero attached hydrogens (tertiary/aromatic N) is 3. The highest BCUT2D eigenvalue weighted by molar-refractivity contribution is 5.79. The quantitative estimate of drug-likeness (QED) is 0.846. The number of rotatable bonds is 3. The minimum atomic E-state index is 0.344. The van der Waals surface area contributed by atoms with E-state index in [0.717, 1.165) is 52.1 Å². The smallest absolute Gasteiger partial charge is 0.225 e. The van der Waals surface area contributed by atoms with Gasteiger partial charge < -0.3 is 9.80 Å². The summed E-state index contributed by atoms with van der Waals surface area (Å²) in [5, 5.41) is 0. The standard InChI is InChI=1S/C21H31N3O/c1-17-6-2-3-10-20(17)23-14-12-22(13-15-23)19-9-5-11-24(16-19)21(25)18-7-4-8-18/h2-3,6,10,18-19H,4-5,7-9,11-16H2,1H3. The Morgan fingerprint density at radius 3 is 2.40 bits per heavy atom. The van der Waals surface area contributed by atoms with E-state index in [1.807, 2.05) is 0 Å². The zero-order valence-electron chi connectivity index (χ0n) is 15.5. The first kappa shape index (κ1) is 16.9. The Labute approximate surface area is 151 Å². The van der Waals surface area contributed by atoms with Crippen LogP contribution in [0.4, 0.5) is 5.69 Å². The van der Waals surface area contributed by atoms with E-state index in [0.29, 0.717) is 17.9 Å². The molecule has 25 heavy (non-hydrogen) atoms. The minimum absolute atomic E-state index is 0.344. The van der Waals surface area contributed by atoms with Crippen LogP contribution in [0, 0.1) is 12.8 Å². The summed E-state index contributed by atoms with van der Waals surface area (Å²) in [4.78, 5) is 19.9. The molecule has 1 aromatic carbocycles. The van der Waals surface area contributed by atoms with Crippen LogP contribution < -0.4 is 4.90 Å². The van der Waals surface area contributed by atoms with Gasteiger partial charge in [-0.3, -0.25) is 9.69 Å². The van der Waals surface area contributed by atoms with Crippen LogP contribution in [0.25, 0.3) is 0 Å². The molecule has 3 fully saturated rings. The van der Waals surface area contributed by atoms with E-state index in [-0.39, 0.29) is 0 Å². The second-order valence-electron chi connectivity index (χ2n) is 8.02. The number of piperazine rings is 1. The number of anilines is 1. The van der Waals surface area contributed by atoms with E-state index in [1.165, 1.54) is 30.5 Å². The lowest BCUT2D eigenvalue weighted by Gasteiger charge is -2.45. The Morgan fingerprint density at radius 2 is 1.72 bits per heavy atom. The molecule has 4 rings (SSSR count). The van der Waals surface area contributed by atoms with E-state index in [9.17, 15) is 4.79 Å². The highest BCUT2D eigenvalue weighted by Gasteiger charge is 2.34. The summed E-state index contributed by atoms with van der Waals surface area (Å²) in [7, 11) is 0. The van der Waals surface area contributed by atoms with Gasteiger partial charge in [0.15, 0.2) is 0 Å². The largest absolute Gasteiger partial charge is 0.369 e. The number of para-hydroxylation sites is 1. The molecule has 0 radical (unpaired) electrons. The van der Waals surface area contributed by atoms with Crippen molar-refractivity contribution in [3.8, 4) is 0 Å². The van der Waals surface area contributed by atoms with E-state index in [1.54, 1.807) is 0 Å². The molecule has 1 atom stereocenters. The van der Waals surface area contributed by atoms with Crippen molar-refractivity contribution in [1.29, 1.82) is 0 Å². The van der Waals surface area contributed by atoms with Gasteiger partial charge in [-0.2, -0.15) is 0 Å². The molecule has 2 saturated heterocycles. The summed E-state index contributed by atoms with van der Waals surface area (Å²) in [6.45, 7) is 8.56. The maximum absolute atomic E-state index is 12.6. The van der Waals surface area contributed by atoms with Crippen molar-refractivity contribution in [3.05, 3.63) is 29.8 Å². The second kappa shape index (κ2) is 7.36. The van der Waals surface area contributed by atoms with Crippen molar-refractivity contribution >= 4 is 11.6 Å². The fourth-order valence-corrected chi connectivity index (χ4v) is 4.61. The number of carbonyl (C=O) groups is 1. The molecule has 2 heterocycles. The van der Waals surface area contributed by atoms with Crippen molar-refractivity contribution < 1.29 is 4.79 Å². The Bertz CT molecular complexity index is 605. The van der Waals surface area contributed by atoms with Gasteiger partial charge >= 0.3 is 0 Å². The lowest BCUT2D eigenvalue weighted by molar-refractivity contribution is -0.140. The average Bonchev–Trinajstić information content (AvgIpc) is 2.61. The fourth-order valence-electron chi connectivity index (χ4n) is 4.61. The number of hydrogen-bond acceptors (Lipinski definition) is 3. The Kier molecular flexibility index (Phi) is 4.98. The third kappa shape index (κ3) is 3.55. The van der Waals surface area contributed by atoms with Crippen molar-refractivity contribution in [1.82, 2.24) is 9.80 Å². The molecule has 1 saturated carbocycles. The fraction of sp³-hybridized carbons (Fsp3) is 0.667. The predicted octanol–water partition coefficient (Wildman–Crippen LogP) is 2.91. The van der Waals surface area contributed by atoms with Gasteiger partial charge in [0, 0.05) is 56.9 Å². The van der Waals surface area contributed by atoms with Gasteiger partial charge in [-0.15, -0.1) is 0 Å². The van der Waals surface area contributed by atoms with E-state index >= 15 is 0 Å². The molecule has 4 heteroatoms. The summed E-state index contributed by atoms with van der Waals surface area (Å²) in [6, 6.07) is 9.26. The highest BCUT2D eigenvalue weighted by atomic mass is 16.2. The molecular formula is C21H31N3O. The molecule has 1 unspecified atom stereocenters. The molecule has 3 aliphatic rings. The molecule has 1 aromatic rings. The number of amides is 1. The lowest BCUT2D eigenvalue weighted by atomic mass is 9.84. The summed E-state index contributed by atoms with van der Waals surface area (Å²) >= 11 is 0. The normalized spacial score (nSPS) is 25.7. The predicted molar refractivity (Wildman–Crippen MR) is 102 cm³/mol. The van der Waals surface area contributed by atoms with Crippen molar-refractivity contribution in [2.24, 2.45) is 5.92 Å². The maximum Gasteiger partial charge on any atom is 0.225 e. The minimum Gasteiger partial charge on any atom is -0.369 e. The van der Waals surface area contributed by atoms with Gasteiger partial charge in [0.05, 0.1) is 0 Å². The third-order valence-corrected chi connectivity index (χ3v) is 6.45. The first-order valence-corrected chi connectivity index (χ1v) is 10.1. The molecule has 4 nitrogen and oxygen atoms in total. The second-order valence-corrected chi connectivity index (χ2v) is 8.02. The average molecular weight is 341 g/mol. The monoisotopic (exact) mass is 341 g/mol. The van der Waals surface area contributed by atoms with Crippen molar-refractivity contribution in [2.45, 2.75) is 45.1 Å². The highest BCUT2D eigenvalue weighted by Crippen LogP contribution is 2.30. The van der Waals surface area contributed by atoms with Gasteiger partial charge in [0.25, 0.3) is 0 Å². The summed E-state index contributed by atoms with van der Waals surface area (Å²) in [5.74, 6) is 0.783. The van der Waals surface area contributed by atoms with Crippen LogP contribution in [-0.4, -0.2) is 61.0 Å². The van der Waals surface area contributed by atoms with E-state index in [2.05, 4.69) is 45.9 Å². The Hall–Kier alpha value is -1.55. The van der Waals surface area contributed by atoms with Crippen LogP contribution in [0.5, 0.6) is 0 Å². The number of likely N-dealkylation sites (tertiary alicyclic amines) is 1. The van der Waals surface area contributed by atoms with Gasteiger partial charge in [-0.25, -0.2) is 0 Å². The molecule has 0 spiro atoms. The number of piperidine rings is 1. The zero-order valence-corrected chi connectivity index (χ0v) is 15.5. The van der Waals surface area contributed by atoms with Gasteiger partial charge in [-0.05, 0) is 44.2 Å². The SMILES string of the molecule is Cc1ccccc1N1CCN(C2CCCN(C(=O)C3CCC3)C2)CC1. The Balaban J connectivity index is 1.32.